The molecule has 98 valence electrons. The first-order chi connectivity index (χ1) is 9.25. The Morgan fingerprint density at radius 3 is 3.11 bits per heavy atom. The first kappa shape index (κ1) is 12.3. The third-order valence-corrected chi connectivity index (χ3v) is 4.60. The Hall–Kier alpha value is -1.75. The Kier molecular flexibility index (Phi) is 3.29. The van der Waals surface area contributed by atoms with E-state index in [0.29, 0.717) is 6.54 Å². The quantitative estimate of drug-likeness (QED) is 0.921. The Morgan fingerprint density at radius 2 is 2.26 bits per heavy atom. The van der Waals surface area contributed by atoms with Crippen molar-refractivity contribution in [3.8, 4) is 0 Å². The minimum Gasteiger partial charge on any atom is -0.481 e. The lowest BCUT2D eigenvalue weighted by molar-refractivity contribution is -0.141. The number of hydrogen-bond acceptors (Lipinski definition) is 4. The minimum atomic E-state index is -0.761. The van der Waals surface area contributed by atoms with Crippen LogP contribution in [0.15, 0.2) is 34.8 Å². The molecule has 1 aliphatic heterocycles. The summed E-state index contributed by atoms with van der Waals surface area (Å²) in [5, 5.41) is 9.26. The van der Waals surface area contributed by atoms with Crippen LogP contribution in [0.1, 0.15) is 22.9 Å². The predicted octanol–water partition coefficient (Wildman–Crippen LogP) is 2.64. The first-order valence-electron chi connectivity index (χ1n) is 6.25. The van der Waals surface area contributed by atoms with Crippen LogP contribution < -0.4 is 0 Å². The topological polar surface area (TPSA) is 62.5 Å². The van der Waals surface area contributed by atoms with E-state index in [0.717, 1.165) is 12.1 Å². The fourth-order valence-electron chi connectivity index (χ4n) is 2.64. The maximum absolute atomic E-state index is 11.3. The number of rotatable bonds is 3. The van der Waals surface area contributed by atoms with E-state index in [1.165, 1.54) is 4.88 Å². The smallest absolute Gasteiger partial charge is 0.310 e. The van der Waals surface area contributed by atoms with Crippen molar-refractivity contribution in [1.82, 2.24) is 4.98 Å². The molecule has 4 nitrogen and oxygen atoms in total. The largest absolute Gasteiger partial charge is 0.481 e. The zero-order valence-electron chi connectivity index (χ0n) is 10.3. The SMILES string of the molecule is O=C(O)C1C=CC=CC1CC1C=NCc2ncsc21. The van der Waals surface area contributed by atoms with Gasteiger partial charge in [0.2, 0.25) is 0 Å². The van der Waals surface area contributed by atoms with Gasteiger partial charge in [-0.25, -0.2) is 4.98 Å². The molecule has 2 heterocycles. The molecule has 5 heteroatoms. The van der Waals surface area contributed by atoms with Gasteiger partial charge >= 0.3 is 5.97 Å². The molecule has 1 aromatic rings. The molecular formula is C14H14N2O2S. The number of nitrogens with zero attached hydrogens (tertiary/aromatic N) is 2. The molecule has 0 spiro atoms. The molecule has 1 N–H and O–H groups in total. The molecule has 0 fully saturated rings. The molecule has 0 saturated heterocycles. The number of carbonyl (C=O) groups is 1. The zero-order valence-corrected chi connectivity index (χ0v) is 11.1. The molecule has 2 aliphatic rings. The highest BCUT2D eigenvalue weighted by Gasteiger charge is 2.30. The van der Waals surface area contributed by atoms with Crippen molar-refractivity contribution in [1.29, 1.82) is 0 Å². The highest BCUT2D eigenvalue weighted by Crippen LogP contribution is 2.35. The molecule has 0 amide bonds. The van der Waals surface area contributed by atoms with E-state index in [4.69, 9.17) is 0 Å². The molecule has 3 rings (SSSR count). The summed E-state index contributed by atoms with van der Waals surface area (Å²) in [5.41, 5.74) is 2.89. The van der Waals surface area contributed by atoms with Crippen LogP contribution in [0.5, 0.6) is 0 Å². The Morgan fingerprint density at radius 1 is 1.42 bits per heavy atom. The van der Waals surface area contributed by atoms with Crippen LogP contribution in [0, 0.1) is 11.8 Å². The van der Waals surface area contributed by atoms with Crippen molar-refractivity contribution < 1.29 is 9.90 Å². The summed E-state index contributed by atoms with van der Waals surface area (Å²) < 4.78 is 0. The number of carboxylic acids is 1. The van der Waals surface area contributed by atoms with Gasteiger partial charge in [0.1, 0.15) is 0 Å². The Balaban J connectivity index is 1.80. The fraction of sp³-hybridized carbons (Fsp3) is 0.357. The van der Waals surface area contributed by atoms with E-state index in [1.807, 2.05) is 30.0 Å². The van der Waals surface area contributed by atoms with Crippen molar-refractivity contribution in [2.24, 2.45) is 16.8 Å². The number of allylic oxidation sites excluding steroid dienone is 3. The van der Waals surface area contributed by atoms with Crippen LogP contribution in [0.4, 0.5) is 0 Å². The van der Waals surface area contributed by atoms with E-state index in [2.05, 4.69) is 9.98 Å². The summed E-state index contributed by atoms with van der Waals surface area (Å²) in [6.45, 7) is 0.651. The van der Waals surface area contributed by atoms with Crippen molar-refractivity contribution in [2.75, 3.05) is 0 Å². The van der Waals surface area contributed by atoms with Gasteiger partial charge in [-0.3, -0.25) is 9.79 Å². The van der Waals surface area contributed by atoms with E-state index in [1.54, 1.807) is 17.4 Å². The number of aliphatic carboxylic acids is 1. The Labute approximate surface area is 115 Å². The van der Waals surface area contributed by atoms with Gasteiger partial charge in [0.25, 0.3) is 0 Å². The van der Waals surface area contributed by atoms with Gasteiger partial charge < -0.3 is 5.11 Å². The van der Waals surface area contributed by atoms with E-state index >= 15 is 0 Å². The standard InChI is InChI=1S/C14H14N2O2S/c17-14(18)11-4-2-1-3-9(11)5-10-6-15-7-12-13(10)19-8-16-12/h1-4,6,8-11H,5,7H2,(H,17,18). The van der Waals surface area contributed by atoms with Crippen LogP contribution in [-0.2, 0) is 11.3 Å². The van der Waals surface area contributed by atoms with Gasteiger partial charge in [0.05, 0.1) is 23.7 Å². The summed E-state index contributed by atoms with van der Waals surface area (Å²) in [7, 11) is 0. The van der Waals surface area contributed by atoms with Gasteiger partial charge in [0.15, 0.2) is 0 Å². The predicted molar refractivity (Wildman–Crippen MR) is 74.6 cm³/mol. The molecule has 0 saturated carbocycles. The summed E-state index contributed by atoms with van der Waals surface area (Å²) in [6.07, 6.45) is 10.2. The average Bonchev–Trinajstić information content (AvgIpc) is 2.88. The molecule has 3 atom stereocenters. The number of fused-ring (bicyclic) bond motifs is 1. The van der Waals surface area contributed by atoms with Crippen molar-refractivity contribution in [3.63, 3.8) is 0 Å². The average molecular weight is 274 g/mol. The maximum atomic E-state index is 11.3. The van der Waals surface area contributed by atoms with E-state index < -0.39 is 11.9 Å². The van der Waals surface area contributed by atoms with Crippen LogP contribution in [0.25, 0.3) is 0 Å². The molecular weight excluding hydrogens is 260 g/mol. The molecule has 1 aromatic heterocycles. The Bertz CT molecular complexity index is 574. The third-order valence-electron chi connectivity index (χ3n) is 3.60. The molecule has 0 bridgehead atoms. The molecule has 0 aromatic carbocycles. The molecule has 3 unspecified atom stereocenters. The van der Waals surface area contributed by atoms with Crippen molar-refractivity contribution in [2.45, 2.75) is 18.9 Å². The normalized spacial score (nSPS) is 28.3. The van der Waals surface area contributed by atoms with Crippen LogP contribution >= 0.6 is 11.3 Å². The summed E-state index contributed by atoms with van der Waals surface area (Å²) >= 11 is 1.64. The number of aliphatic imine (C=N–C) groups is 1. The number of hydrogen-bond donors (Lipinski definition) is 1. The lowest BCUT2D eigenvalue weighted by Crippen LogP contribution is -2.24. The lowest BCUT2D eigenvalue weighted by Gasteiger charge is -2.25. The second kappa shape index (κ2) is 5.09. The van der Waals surface area contributed by atoms with Gasteiger partial charge in [-0.15, -0.1) is 11.3 Å². The van der Waals surface area contributed by atoms with E-state index in [9.17, 15) is 9.90 Å². The van der Waals surface area contributed by atoms with Gasteiger partial charge in [-0.1, -0.05) is 24.3 Å². The second-order valence-electron chi connectivity index (χ2n) is 4.79. The highest BCUT2D eigenvalue weighted by atomic mass is 32.1. The van der Waals surface area contributed by atoms with Crippen LogP contribution in [0.3, 0.4) is 0 Å². The van der Waals surface area contributed by atoms with Crippen molar-refractivity contribution in [3.05, 3.63) is 40.4 Å². The summed E-state index contributed by atoms with van der Waals surface area (Å²) in [4.78, 5) is 21.2. The monoisotopic (exact) mass is 274 g/mol. The third kappa shape index (κ3) is 2.38. The van der Waals surface area contributed by atoms with Gasteiger partial charge in [-0.2, -0.15) is 0 Å². The number of carboxylic acid groups (broad SMARTS) is 1. The minimum absolute atomic E-state index is 0.0204. The number of thiazole rings is 1. The highest BCUT2D eigenvalue weighted by molar-refractivity contribution is 7.10. The summed E-state index contributed by atoms with van der Waals surface area (Å²) in [5.74, 6) is -0.981. The van der Waals surface area contributed by atoms with Gasteiger partial charge in [-0.05, 0) is 12.3 Å². The fourth-order valence-corrected chi connectivity index (χ4v) is 3.52. The maximum Gasteiger partial charge on any atom is 0.310 e. The van der Waals surface area contributed by atoms with E-state index in [-0.39, 0.29) is 11.8 Å². The summed E-state index contributed by atoms with van der Waals surface area (Å²) in [6, 6.07) is 0. The van der Waals surface area contributed by atoms with Gasteiger partial charge in [0, 0.05) is 17.0 Å². The zero-order chi connectivity index (χ0) is 13.2. The molecule has 0 radical (unpaired) electrons. The first-order valence-corrected chi connectivity index (χ1v) is 7.13. The lowest BCUT2D eigenvalue weighted by atomic mass is 9.81. The van der Waals surface area contributed by atoms with Crippen molar-refractivity contribution >= 4 is 23.5 Å². The van der Waals surface area contributed by atoms with Crippen LogP contribution in [-0.4, -0.2) is 22.3 Å². The second-order valence-corrected chi connectivity index (χ2v) is 5.68. The molecule has 19 heavy (non-hydrogen) atoms. The van der Waals surface area contributed by atoms with Crippen LogP contribution in [0.2, 0.25) is 0 Å². The molecule has 1 aliphatic carbocycles. The number of aromatic nitrogens is 1.